The van der Waals surface area contributed by atoms with Crippen molar-refractivity contribution in [2.75, 3.05) is 26.3 Å². The van der Waals surface area contributed by atoms with Gasteiger partial charge in [-0.25, -0.2) is 0 Å². The van der Waals surface area contributed by atoms with Crippen LogP contribution in [-0.4, -0.2) is 43.5 Å². The van der Waals surface area contributed by atoms with Crippen molar-refractivity contribution < 1.29 is 25.5 Å². The lowest BCUT2D eigenvalue weighted by molar-refractivity contribution is 0.104. The molecule has 1 aliphatic rings. The third kappa shape index (κ3) is 7.25. The van der Waals surface area contributed by atoms with Crippen LogP contribution in [0.2, 0.25) is 0 Å². The van der Waals surface area contributed by atoms with Gasteiger partial charge in [-0.15, -0.1) is 0 Å². The number of ether oxygens (including phenoxy) is 2. The van der Waals surface area contributed by atoms with E-state index in [9.17, 15) is 5.11 Å². The van der Waals surface area contributed by atoms with Crippen molar-refractivity contribution in [3.05, 3.63) is 29.8 Å². The minimum Gasteiger partial charge on any atom is -0.491 e. The van der Waals surface area contributed by atoms with Gasteiger partial charge in [-0.05, 0) is 42.8 Å². The second kappa shape index (κ2) is 9.13. The summed E-state index contributed by atoms with van der Waals surface area (Å²) >= 11 is 0. The normalized spacial score (nSPS) is 29.5. The summed E-state index contributed by atoms with van der Waals surface area (Å²) in [6.45, 7) is 0.499. The number of rotatable bonds is 11. The summed E-state index contributed by atoms with van der Waals surface area (Å²) in [4.78, 5) is 0. The molecule has 1 aromatic carbocycles. The summed E-state index contributed by atoms with van der Waals surface area (Å²) in [6, 6.07) is 6.31. The third-order valence-corrected chi connectivity index (χ3v) is 2.97. The number of hydrogen-bond acceptors (Lipinski definition) is 4. The number of hydrogen-bond donors (Lipinski definition) is 2. The largest absolute Gasteiger partial charge is 0.491 e. The van der Waals surface area contributed by atoms with Crippen LogP contribution in [0.4, 0.5) is 0 Å². The molecule has 0 amide bonds. The molecule has 2 rings (SSSR count). The lowest BCUT2D eigenvalue weighted by Crippen LogP contribution is -2.35. The molecule has 1 aromatic rings. The molecule has 1 atom stereocenters. The fourth-order valence-corrected chi connectivity index (χ4v) is 1.66. The molecular weight excluding hydrogens is 278 g/mol. The molecule has 0 aliphatic heterocycles. The van der Waals surface area contributed by atoms with E-state index in [0.717, 1.165) is 5.56 Å². The Kier molecular flexibility index (Phi) is 3.84. The average Bonchev–Trinajstić information content (AvgIpc) is 2.94. The summed E-state index contributed by atoms with van der Waals surface area (Å²) in [5.41, 5.74) is 0.811. The fourth-order valence-electron chi connectivity index (χ4n) is 1.66. The summed E-state index contributed by atoms with van der Waals surface area (Å²) in [7, 11) is 0. The topological polar surface area (TPSA) is 50.7 Å². The second-order valence-corrected chi connectivity index (χ2v) is 5.36. The van der Waals surface area contributed by atoms with E-state index in [0.29, 0.717) is 6.42 Å². The highest BCUT2D eigenvalue weighted by molar-refractivity contribution is 5.27. The summed E-state index contributed by atoms with van der Waals surface area (Å²) in [5.74, 6) is -1.76. The molecule has 0 saturated heterocycles. The molecule has 4 heteroatoms. The van der Waals surface area contributed by atoms with Gasteiger partial charge in [0.05, 0.1) is 10.7 Å². The quantitative estimate of drug-likeness (QED) is 0.616. The van der Waals surface area contributed by atoms with Gasteiger partial charge >= 0.3 is 0 Å². The highest BCUT2D eigenvalue weighted by atomic mass is 16.5. The van der Waals surface area contributed by atoms with E-state index in [1.165, 1.54) is 12.1 Å². The minimum absolute atomic E-state index is 0.0266. The average molecular weight is 315 g/mol. The first-order valence-electron chi connectivity index (χ1n) is 11.4. The second-order valence-electron chi connectivity index (χ2n) is 5.36. The van der Waals surface area contributed by atoms with Gasteiger partial charge in [0.15, 0.2) is 0 Å². The maximum atomic E-state index is 10.1. The van der Waals surface area contributed by atoms with Crippen LogP contribution in [-0.2, 0) is 11.2 Å². The first-order valence-corrected chi connectivity index (χ1v) is 7.39. The van der Waals surface area contributed by atoms with Crippen LogP contribution in [0.3, 0.4) is 0 Å². The Morgan fingerprint density at radius 3 is 2.82 bits per heavy atom. The Balaban J connectivity index is 1.84. The van der Waals surface area contributed by atoms with Crippen molar-refractivity contribution >= 4 is 0 Å². The molecule has 22 heavy (non-hydrogen) atoms. The molecule has 4 nitrogen and oxygen atoms in total. The summed E-state index contributed by atoms with van der Waals surface area (Å²) in [6.07, 6.45) is -6.53. The molecule has 1 fully saturated rings. The molecule has 1 unspecified atom stereocenters. The van der Waals surface area contributed by atoms with E-state index in [2.05, 4.69) is 5.32 Å². The summed E-state index contributed by atoms with van der Waals surface area (Å²) in [5, 5.41) is 12.9. The van der Waals surface area contributed by atoms with Gasteiger partial charge in [0.25, 0.3) is 0 Å². The Morgan fingerprint density at radius 1 is 1.45 bits per heavy atom. The van der Waals surface area contributed by atoms with Gasteiger partial charge < -0.3 is 19.9 Å². The third-order valence-electron chi connectivity index (χ3n) is 2.97. The number of nitrogens with one attached hydrogen (secondary N) is 1. The van der Waals surface area contributed by atoms with Gasteiger partial charge in [0.1, 0.15) is 18.4 Å². The first-order chi connectivity index (χ1) is 13.6. The van der Waals surface area contributed by atoms with Gasteiger partial charge in [-0.3, -0.25) is 0 Å². The first kappa shape index (κ1) is 9.26. The van der Waals surface area contributed by atoms with E-state index in [1.54, 1.807) is 12.1 Å². The van der Waals surface area contributed by atoms with E-state index in [1.807, 2.05) is 13.8 Å². The van der Waals surface area contributed by atoms with E-state index < -0.39 is 31.3 Å². The summed E-state index contributed by atoms with van der Waals surface area (Å²) < 4.78 is 72.2. The number of benzene rings is 1. The fraction of sp³-hybridized carbons (Fsp3) is 0.667. The minimum atomic E-state index is -2.65. The Hall–Kier alpha value is -1.10. The predicted octanol–water partition coefficient (Wildman–Crippen LogP) is 2.39. The number of aliphatic hydroxyl groups is 1. The Labute approximate surface area is 145 Å². The zero-order valence-corrected chi connectivity index (χ0v) is 13.0. The van der Waals surface area contributed by atoms with Crippen LogP contribution >= 0.6 is 0 Å². The Morgan fingerprint density at radius 2 is 2.18 bits per heavy atom. The van der Waals surface area contributed by atoms with Crippen molar-refractivity contribution in [2.45, 2.75) is 45.1 Å². The lowest BCUT2D eigenvalue weighted by Gasteiger charge is -2.15. The molecule has 1 aliphatic carbocycles. The molecule has 1 saturated carbocycles. The van der Waals surface area contributed by atoms with Crippen LogP contribution < -0.4 is 10.1 Å². The van der Waals surface area contributed by atoms with Crippen LogP contribution in [0.15, 0.2) is 24.3 Å². The van der Waals surface area contributed by atoms with Gasteiger partial charge in [0, 0.05) is 26.0 Å². The SMILES string of the molecule is [2H]C(O)(CNC(C)C)C([2H])([2H])Oc1ccc(CCOCC2([2H])C([2H])([2H])C2([2H])[2H])cc1. The van der Waals surface area contributed by atoms with Crippen molar-refractivity contribution in [3.63, 3.8) is 0 Å². The smallest absolute Gasteiger partial charge is 0.119 e. The molecule has 0 radical (unpaired) electrons. The molecule has 124 valence electrons. The van der Waals surface area contributed by atoms with Crippen LogP contribution in [0.1, 0.15) is 43.1 Å². The van der Waals surface area contributed by atoms with Gasteiger partial charge in [-0.1, -0.05) is 26.0 Å². The molecular formula is C18H29NO3. The highest BCUT2D eigenvalue weighted by Gasteiger charge is 2.20. The maximum absolute atomic E-state index is 10.1. The maximum Gasteiger partial charge on any atom is 0.119 e. The van der Waals surface area contributed by atoms with Crippen molar-refractivity contribution in [1.82, 2.24) is 5.32 Å². The van der Waals surface area contributed by atoms with E-state index in [-0.39, 0.29) is 31.5 Å². The molecule has 2 N–H and O–H groups in total. The monoisotopic (exact) mass is 315 g/mol. The van der Waals surface area contributed by atoms with Crippen molar-refractivity contribution in [3.8, 4) is 5.75 Å². The molecule has 0 aromatic heterocycles. The van der Waals surface area contributed by atoms with Crippen molar-refractivity contribution in [1.29, 1.82) is 0 Å². The van der Waals surface area contributed by atoms with E-state index >= 15 is 0 Å². The molecule has 0 spiro atoms. The lowest BCUT2D eigenvalue weighted by atomic mass is 10.1. The van der Waals surface area contributed by atoms with Gasteiger partial charge in [0.2, 0.25) is 0 Å². The predicted molar refractivity (Wildman–Crippen MR) is 88.3 cm³/mol. The molecule has 0 bridgehead atoms. The Bertz CT molecular complexity index is 711. The van der Waals surface area contributed by atoms with Crippen LogP contribution in [0.5, 0.6) is 5.75 Å². The van der Waals surface area contributed by atoms with Crippen molar-refractivity contribution in [2.24, 2.45) is 5.89 Å². The standard InChI is InChI=1S/C18H29NO3/c1-14(2)19-11-17(20)13-22-18-7-5-15(6-8-18)9-10-21-12-16-3-4-16/h5-8,14,16-17,19-20H,3-4,9-13H2,1-2H3/i3D2,4D2,13D2,16D,17D. The molecule has 0 heterocycles. The van der Waals surface area contributed by atoms with Gasteiger partial charge in [-0.2, -0.15) is 0 Å². The van der Waals surface area contributed by atoms with E-state index in [4.69, 9.17) is 20.4 Å². The zero-order chi connectivity index (χ0) is 23.0. The highest BCUT2D eigenvalue weighted by Crippen LogP contribution is 2.28. The van der Waals surface area contributed by atoms with Crippen LogP contribution in [0, 0.1) is 5.89 Å². The van der Waals surface area contributed by atoms with Crippen LogP contribution in [0.25, 0.3) is 0 Å². The zero-order valence-electron chi connectivity index (χ0n) is 21.0.